The number of ether oxygens (including phenoxy) is 2. The van der Waals surface area contributed by atoms with E-state index in [0.29, 0.717) is 11.3 Å². The Balaban J connectivity index is 0. The highest BCUT2D eigenvalue weighted by atomic mass is 35.5. The minimum Gasteiger partial charge on any atom is -0.461 e. The number of ketones is 2. The molecular weight excluding hydrogens is 399 g/mol. The lowest BCUT2D eigenvalue weighted by molar-refractivity contribution is -0.146. The fraction of sp³-hybridized carbons (Fsp3) is 0.412. The van der Waals surface area contributed by atoms with Crippen molar-refractivity contribution in [3.05, 3.63) is 29.8 Å². The highest BCUT2D eigenvalue weighted by molar-refractivity contribution is 5.86. The number of benzene rings is 1. The van der Waals surface area contributed by atoms with Crippen LogP contribution in [0.5, 0.6) is 5.75 Å². The normalized spacial score (nSPS) is 9.41. The van der Waals surface area contributed by atoms with E-state index in [1.807, 2.05) is 0 Å². The van der Waals surface area contributed by atoms with E-state index < -0.39 is 11.9 Å². The standard InChI is InChI=1S/C17H22N2O6.2ClH/c18-9-13(20)3-7-16(22)24-11-12-1-5-15(6-2-12)25-17(23)8-4-14(21)10-19;;/h1-2,5-6H,3-4,7-11,18-19H2;2*1H. The van der Waals surface area contributed by atoms with E-state index in [9.17, 15) is 19.2 Å². The van der Waals surface area contributed by atoms with Crippen molar-refractivity contribution in [2.75, 3.05) is 13.1 Å². The van der Waals surface area contributed by atoms with Crippen molar-refractivity contribution in [3.63, 3.8) is 0 Å². The molecule has 0 saturated heterocycles. The van der Waals surface area contributed by atoms with E-state index in [1.54, 1.807) is 24.3 Å². The molecule has 0 heterocycles. The zero-order valence-corrected chi connectivity index (χ0v) is 16.3. The first kappa shape index (κ1) is 27.2. The Hall–Kier alpha value is -2.00. The van der Waals surface area contributed by atoms with Crippen molar-refractivity contribution in [1.29, 1.82) is 0 Å². The molecule has 1 rings (SSSR count). The Labute approximate surface area is 169 Å². The molecular formula is C17H24Cl2N2O6. The molecule has 0 saturated carbocycles. The lowest BCUT2D eigenvalue weighted by Gasteiger charge is -2.07. The molecule has 1 aromatic carbocycles. The van der Waals surface area contributed by atoms with E-state index in [2.05, 4.69) is 0 Å². The van der Waals surface area contributed by atoms with Crippen molar-refractivity contribution < 1.29 is 28.7 Å². The summed E-state index contributed by atoms with van der Waals surface area (Å²) in [5.41, 5.74) is 11.0. The maximum absolute atomic E-state index is 11.6. The number of nitrogens with two attached hydrogens (primary N) is 2. The summed E-state index contributed by atoms with van der Waals surface area (Å²) >= 11 is 0. The molecule has 0 aliphatic carbocycles. The van der Waals surface area contributed by atoms with E-state index in [0.717, 1.165) is 0 Å². The van der Waals surface area contributed by atoms with Crippen LogP contribution < -0.4 is 16.2 Å². The average Bonchev–Trinajstić information content (AvgIpc) is 2.63. The molecule has 0 aliphatic rings. The highest BCUT2D eigenvalue weighted by Gasteiger charge is 2.09. The predicted octanol–water partition coefficient (Wildman–Crippen LogP) is 1.09. The lowest BCUT2D eigenvalue weighted by atomic mass is 10.2. The first-order valence-electron chi connectivity index (χ1n) is 7.83. The molecule has 0 aliphatic heterocycles. The summed E-state index contributed by atoms with van der Waals surface area (Å²) in [4.78, 5) is 45.1. The Morgan fingerprint density at radius 1 is 0.741 bits per heavy atom. The fourth-order valence-corrected chi connectivity index (χ4v) is 1.76. The van der Waals surface area contributed by atoms with Gasteiger partial charge in [-0.2, -0.15) is 0 Å². The van der Waals surface area contributed by atoms with Gasteiger partial charge in [-0.1, -0.05) is 12.1 Å². The van der Waals surface area contributed by atoms with Crippen molar-refractivity contribution in [1.82, 2.24) is 0 Å². The zero-order chi connectivity index (χ0) is 18.7. The van der Waals surface area contributed by atoms with Crippen LogP contribution in [0.2, 0.25) is 0 Å². The SMILES string of the molecule is Cl.Cl.NCC(=O)CCC(=O)OCc1ccc(OC(=O)CCC(=O)CN)cc1. The van der Waals surface area contributed by atoms with Crippen LogP contribution in [0.4, 0.5) is 0 Å². The summed E-state index contributed by atoms with van der Waals surface area (Å²) < 4.78 is 10.1. The van der Waals surface area contributed by atoms with Crippen LogP contribution in [0.15, 0.2) is 24.3 Å². The lowest BCUT2D eigenvalue weighted by Crippen LogP contribution is -2.16. The second-order valence-corrected chi connectivity index (χ2v) is 5.26. The molecule has 8 nitrogen and oxygen atoms in total. The maximum atomic E-state index is 11.6. The largest absolute Gasteiger partial charge is 0.461 e. The third-order valence-electron chi connectivity index (χ3n) is 3.23. The fourth-order valence-electron chi connectivity index (χ4n) is 1.76. The molecule has 0 atom stereocenters. The summed E-state index contributed by atoms with van der Waals surface area (Å²) in [6, 6.07) is 6.41. The Morgan fingerprint density at radius 3 is 1.70 bits per heavy atom. The van der Waals surface area contributed by atoms with Gasteiger partial charge in [0.15, 0.2) is 0 Å². The van der Waals surface area contributed by atoms with E-state index in [1.165, 1.54) is 0 Å². The van der Waals surface area contributed by atoms with Gasteiger partial charge in [-0.15, -0.1) is 24.8 Å². The van der Waals surface area contributed by atoms with Crippen molar-refractivity contribution >= 4 is 48.3 Å². The van der Waals surface area contributed by atoms with E-state index >= 15 is 0 Å². The van der Waals surface area contributed by atoms with Gasteiger partial charge in [0.05, 0.1) is 25.9 Å². The number of carbonyl (C=O) groups excluding carboxylic acids is 4. The summed E-state index contributed by atoms with van der Waals surface area (Å²) in [5.74, 6) is -1.08. The van der Waals surface area contributed by atoms with E-state index in [4.69, 9.17) is 20.9 Å². The zero-order valence-electron chi connectivity index (χ0n) is 14.7. The van der Waals surface area contributed by atoms with Crippen LogP contribution in [0.25, 0.3) is 0 Å². The Bertz CT molecular complexity index is 622. The smallest absolute Gasteiger partial charge is 0.311 e. The summed E-state index contributed by atoms with van der Waals surface area (Å²) in [6.45, 7) is -0.135. The minimum absolute atomic E-state index is 0. The highest BCUT2D eigenvalue weighted by Crippen LogP contribution is 2.14. The number of halogens is 2. The number of rotatable bonds is 11. The van der Waals surface area contributed by atoms with Gasteiger partial charge in [0.1, 0.15) is 23.9 Å². The number of carbonyl (C=O) groups is 4. The number of esters is 2. The third-order valence-corrected chi connectivity index (χ3v) is 3.23. The number of Topliss-reactive ketones (excluding diaryl/α,β-unsaturated/α-hetero) is 2. The van der Waals surface area contributed by atoms with Gasteiger partial charge in [-0.05, 0) is 17.7 Å². The molecule has 27 heavy (non-hydrogen) atoms. The molecule has 1 aromatic rings. The average molecular weight is 423 g/mol. The van der Waals surface area contributed by atoms with Gasteiger partial charge in [0.25, 0.3) is 0 Å². The van der Waals surface area contributed by atoms with Crippen LogP contribution in [-0.2, 0) is 30.5 Å². The molecule has 0 spiro atoms. The first-order valence-corrected chi connectivity index (χ1v) is 7.83. The van der Waals surface area contributed by atoms with Crippen LogP contribution in [0.1, 0.15) is 31.2 Å². The Morgan fingerprint density at radius 2 is 1.22 bits per heavy atom. The monoisotopic (exact) mass is 422 g/mol. The van der Waals surface area contributed by atoms with Crippen LogP contribution >= 0.6 is 24.8 Å². The maximum Gasteiger partial charge on any atom is 0.311 e. The molecule has 152 valence electrons. The van der Waals surface area contributed by atoms with Crippen molar-refractivity contribution in [2.24, 2.45) is 11.5 Å². The molecule has 0 radical (unpaired) electrons. The molecule has 0 bridgehead atoms. The van der Waals surface area contributed by atoms with Gasteiger partial charge in [-0.25, -0.2) is 0 Å². The van der Waals surface area contributed by atoms with Gasteiger partial charge in [-0.3, -0.25) is 19.2 Å². The molecule has 0 aromatic heterocycles. The quantitative estimate of drug-likeness (QED) is 0.398. The summed E-state index contributed by atoms with van der Waals surface area (Å²) in [6.07, 6.45) is 0.0804. The predicted molar refractivity (Wildman–Crippen MR) is 103 cm³/mol. The molecule has 10 heteroatoms. The first-order chi connectivity index (χ1) is 11.9. The van der Waals surface area contributed by atoms with Crippen molar-refractivity contribution in [3.8, 4) is 5.75 Å². The Kier molecular flexibility index (Phi) is 15.2. The van der Waals surface area contributed by atoms with Crippen LogP contribution in [-0.4, -0.2) is 36.6 Å². The van der Waals surface area contributed by atoms with E-state index in [-0.39, 0.29) is 81.8 Å². The minimum atomic E-state index is -0.523. The number of hydrogen-bond acceptors (Lipinski definition) is 8. The summed E-state index contributed by atoms with van der Waals surface area (Å²) in [5, 5.41) is 0. The van der Waals surface area contributed by atoms with Crippen molar-refractivity contribution in [2.45, 2.75) is 32.3 Å². The second kappa shape index (κ2) is 15.1. The third kappa shape index (κ3) is 12.1. The number of hydrogen-bond donors (Lipinski definition) is 2. The second-order valence-electron chi connectivity index (χ2n) is 5.26. The molecule has 4 N–H and O–H groups in total. The molecule has 0 amide bonds. The molecule has 0 fully saturated rings. The topological polar surface area (TPSA) is 139 Å². The van der Waals surface area contributed by atoms with Crippen LogP contribution in [0, 0.1) is 0 Å². The van der Waals surface area contributed by atoms with Gasteiger partial charge >= 0.3 is 11.9 Å². The van der Waals surface area contributed by atoms with Gasteiger partial charge in [0, 0.05) is 12.8 Å². The van der Waals surface area contributed by atoms with Crippen LogP contribution in [0.3, 0.4) is 0 Å². The summed E-state index contributed by atoms with van der Waals surface area (Å²) in [7, 11) is 0. The van der Waals surface area contributed by atoms with Gasteiger partial charge in [0.2, 0.25) is 0 Å². The molecule has 0 unspecified atom stereocenters. The van der Waals surface area contributed by atoms with Gasteiger partial charge < -0.3 is 20.9 Å².